The lowest BCUT2D eigenvalue weighted by molar-refractivity contribution is -0.143. The molecule has 0 unspecified atom stereocenters. The molecule has 1 heterocycles. The molecule has 3 rings (SSSR count). The van der Waals surface area contributed by atoms with E-state index in [2.05, 4.69) is 0 Å². The van der Waals surface area contributed by atoms with Crippen LogP contribution in [0.25, 0.3) is 0 Å². The van der Waals surface area contributed by atoms with Crippen LogP contribution in [0.1, 0.15) is 39.4 Å². The van der Waals surface area contributed by atoms with Crippen LogP contribution in [0.2, 0.25) is 10.0 Å². The minimum Gasteiger partial charge on any atom is -0.465 e. The number of hydrogen-bond acceptors (Lipinski definition) is 2. The Morgan fingerprint density at radius 3 is 1.91 bits per heavy atom. The second kappa shape index (κ2) is 9.77. The molecule has 1 fully saturated rings. The van der Waals surface area contributed by atoms with Gasteiger partial charge >= 0.3 is 18.4 Å². The maximum absolute atomic E-state index is 13.3. The van der Waals surface area contributed by atoms with Crippen molar-refractivity contribution in [3.05, 3.63) is 68.7 Å². The van der Waals surface area contributed by atoms with Crippen molar-refractivity contribution < 1.29 is 41.0 Å². The third-order valence-electron chi connectivity index (χ3n) is 5.81. The number of carbonyl (C=O) groups is 2. The van der Waals surface area contributed by atoms with Gasteiger partial charge in [0.05, 0.1) is 11.1 Å². The molecule has 0 bridgehead atoms. The summed E-state index contributed by atoms with van der Waals surface area (Å²) in [6.07, 6.45) is -11.4. The third kappa shape index (κ3) is 6.13. The van der Waals surface area contributed by atoms with Gasteiger partial charge in [0.2, 0.25) is 0 Å². The fourth-order valence-electron chi connectivity index (χ4n) is 4.13. The van der Waals surface area contributed by atoms with Crippen LogP contribution in [-0.2, 0) is 12.4 Å². The summed E-state index contributed by atoms with van der Waals surface area (Å²) in [5.41, 5.74) is -3.54. The summed E-state index contributed by atoms with van der Waals surface area (Å²) in [5, 5.41) is 9.89. The van der Waals surface area contributed by atoms with Crippen LogP contribution in [-0.4, -0.2) is 53.1 Å². The molecule has 0 radical (unpaired) electrons. The number of hydrogen-bond donors (Lipinski definition) is 1. The highest BCUT2D eigenvalue weighted by Gasteiger charge is 2.40. The van der Waals surface area contributed by atoms with Crippen LogP contribution in [0.5, 0.6) is 0 Å². The second-order valence-electron chi connectivity index (χ2n) is 8.10. The first-order chi connectivity index (χ1) is 16.1. The molecular formula is C22H18Cl2F6N2O3. The first-order valence-electron chi connectivity index (χ1n) is 10.1. The van der Waals surface area contributed by atoms with E-state index < -0.39 is 53.0 Å². The van der Waals surface area contributed by atoms with Gasteiger partial charge in [0.25, 0.3) is 5.91 Å². The number of halogens is 8. The topological polar surface area (TPSA) is 60.9 Å². The maximum Gasteiger partial charge on any atom is 0.416 e. The first-order valence-corrected chi connectivity index (χ1v) is 10.8. The maximum atomic E-state index is 13.3. The number of piperidine rings is 1. The van der Waals surface area contributed by atoms with Gasteiger partial charge in [0.15, 0.2) is 0 Å². The van der Waals surface area contributed by atoms with Gasteiger partial charge in [-0.3, -0.25) is 4.79 Å². The van der Waals surface area contributed by atoms with Gasteiger partial charge in [-0.15, -0.1) is 0 Å². The van der Waals surface area contributed by atoms with Gasteiger partial charge < -0.3 is 14.9 Å². The van der Waals surface area contributed by atoms with Crippen molar-refractivity contribution in [1.29, 1.82) is 0 Å². The summed E-state index contributed by atoms with van der Waals surface area (Å²) >= 11 is 12.1. The Bertz CT molecular complexity index is 1090. The molecule has 0 saturated carbocycles. The average molecular weight is 543 g/mol. The molecule has 1 aliphatic heterocycles. The van der Waals surface area contributed by atoms with Crippen molar-refractivity contribution in [2.45, 2.75) is 30.7 Å². The smallest absolute Gasteiger partial charge is 0.416 e. The van der Waals surface area contributed by atoms with Crippen LogP contribution < -0.4 is 0 Å². The number of nitrogens with zero attached hydrogens (tertiary/aromatic N) is 2. The molecule has 5 nitrogen and oxygen atoms in total. The monoisotopic (exact) mass is 542 g/mol. The highest BCUT2D eigenvalue weighted by atomic mass is 35.5. The second-order valence-corrected chi connectivity index (χ2v) is 8.98. The number of carboxylic acid groups (broad SMARTS) is 1. The molecule has 35 heavy (non-hydrogen) atoms. The van der Waals surface area contributed by atoms with Crippen molar-refractivity contribution >= 4 is 35.2 Å². The first kappa shape index (κ1) is 26.9. The molecule has 1 saturated heterocycles. The van der Waals surface area contributed by atoms with Gasteiger partial charge in [-0.1, -0.05) is 23.2 Å². The largest absolute Gasteiger partial charge is 0.465 e. The molecular weight excluding hydrogens is 525 g/mol. The lowest BCUT2D eigenvalue weighted by atomic mass is 9.85. The lowest BCUT2D eigenvalue weighted by Gasteiger charge is -2.42. The Kier molecular flexibility index (Phi) is 7.52. The fraction of sp³-hybridized carbons (Fsp3) is 0.364. The van der Waals surface area contributed by atoms with Gasteiger partial charge in [-0.2, -0.15) is 26.3 Å². The molecule has 13 heteroatoms. The van der Waals surface area contributed by atoms with E-state index in [1.54, 1.807) is 0 Å². The molecule has 2 aromatic carbocycles. The number of amides is 2. The van der Waals surface area contributed by atoms with Crippen molar-refractivity contribution in [2.75, 3.05) is 20.1 Å². The highest BCUT2D eigenvalue weighted by Crippen LogP contribution is 2.38. The predicted molar refractivity (Wildman–Crippen MR) is 116 cm³/mol. The normalized spacial score (nSPS) is 18.9. The summed E-state index contributed by atoms with van der Waals surface area (Å²) in [6, 6.07) is 4.38. The molecule has 2 atom stereocenters. The van der Waals surface area contributed by atoms with E-state index in [0.717, 1.165) is 9.80 Å². The Balaban J connectivity index is 2.03. The summed E-state index contributed by atoms with van der Waals surface area (Å²) in [6.45, 7) is -0.0938. The Morgan fingerprint density at radius 2 is 1.46 bits per heavy atom. The number of likely N-dealkylation sites (tertiary alicyclic amines) is 1. The van der Waals surface area contributed by atoms with Crippen LogP contribution in [0, 0.1) is 0 Å². The number of benzene rings is 2. The van der Waals surface area contributed by atoms with E-state index in [1.807, 2.05) is 0 Å². The number of likely N-dealkylation sites (N-methyl/N-ethyl adjacent to an activating group) is 1. The van der Waals surface area contributed by atoms with Crippen LogP contribution >= 0.6 is 23.2 Å². The van der Waals surface area contributed by atoms with E-state index in [1.165, 1.54) is 25.2 Å². The van der Waals surface area contributed by atoms with Gasteiger partial charge in [-0.05, 0) is 48.4 Å². The van der Waals surface area contributed by atoms with Crippen LogP contribution in [0.4, 0.5) is 31.1 Å². The zero-order valence-corrected chi connectivity index (χ0v) is 19.4. The summed E-state index contributed by atoms with van der Waals surface area (Å²) in [4.78, 5) is 26.8. The van der Waals surface area contributed by atoms with E-state index in [4.69, 9.17) is 23.2 Å². The highest BCUT2D eigenvalue weighted by molar-refractivity contribution is 6.34. The average Bonchev–Trinajstić information content (AvgIpc) is 2.75. The number of rotatable bonds is 3. The molecule has 1 N–H and O–H groups in total. The molecule has 2 amide bonds. The van der Waals surface area contributed by atoms with Crippen molar-refractivity contribution in [1.82, 2.24) is 9.80 Å². The quantitative estimate of drug-likeness (QED) is 0.442. The Labute approximate surface area is 205 Å². The SMILES string of the molecule is CN(C(=O)c1cc(C(F)(F)F)cc(C(F)(F)F)c1)[C@@H]1CCN(C(=O)O)C[C@H]1c1cc(Cl)cc(Cl)c1. The van der Waals surface area contributed by atoms with E-state index in [-0.39, 0.29) is 35.6 Å². The number of carbonyl (C=O) groups excluding carboxylic acids is 1. The fourth-order valence-corrected chi connectivity index (χ4v) is 4.67. The Hall–Kier alpha value is -2.66. The predicted octanol–water partition coefficient (Wildman–Crippen LogP) is 6.64. The minimum absolute atomic E-state index is 0.00118. The third-order valence-corrected chi connectivity index (χ3v) is 6.25. The summed E-state index contributed by atoms with van der Waals surface area (Å²) in [5.74, 6) is -1.77. The zero-order chi connectivity index (χ0) is 26.3. The van der Waals surface area contributed by atoms with E-state index in [9.17, 15) is 41.0 Å². The lowest BCUT2D eigenvalue weighted by Crippen LogP contribution is -2.51. The van der Waals surface area contributed by atoms with Gasteiger partial charge in [-0.25, -0.2) is 4.79 Å². The Morgan fingerprint density at radius 1 is 0.943 bits per heavy atom. The molecule has 0 aromatic heterocycles. The summed E-state index contributed by atoms with van der Waals surface area (Å²) in [7, 11) is 1.25. The van der Waals surface area contributed by atoms with Crippen LogP contribution in [0.15, 0.2) is 36.4 Å². The molecule has 2 aromatic rings. The van der Waals surface area contributed by atoms with Crippen LogP contribution in [0.3, 0.4) is 0 Å². The van der Waals surface area contributed by atoms with E-state index >= 15 is 0 Å². The summed E-state index contributed by atoms with van der Waals surface area (Å²) < 4.78 is 79.5. The van der Waals surface area contributed by atoms with Crippen molar-refractivity contribution in [3.8, 4) is 0 Å². The molecule has 0 spiro atoms. The minimum atomic E-state index is -5.11. The van der Waals surface area contributed by atoms with Gasteiger partial charge in [0, 0.05) is 47.7 Å². The van der Waals surface area contributed by atoms with Crippen molar-refractivity contribution in [2.24, 2.45) is 0 Å². The standard InChI is InChI=1S/C22H18Cl2F6N2O3/c1-31(19(33)12-4-13(21(25,26)27)8-14(5-12)22(28,29)30)18-2-3-32(20(34)35)10-17(18)11-6-15(23)9-16(24)7-11/h4-9,17-18H,2-3,10H2,1H3,(H,34,35)/t17-,18+/m0/s1. The zero-order valence-electron chi connectivity index (χ0n) is 17.9. The molecule has 190 valence electrons. The molecule has 1 aliphatic rings. The molecule has 0 aliphatic carbocycles. The number of alkyl halides is 6. The van der Waals surface area contributed by atoms with Crippen molar-refractivity contribution in [3.63, 3.8) is 0 Å². The van der Waals surface area contributed by atoms with E-state index in [0.29, 0.717) is 17.7 Å². The van der Waals surface area contributed by atoms with Gasteiger partial charge in [0.1, 0.15) is 0 Å².